The second kappa shape index (κ2) is 29.0. The lowest BCUT2D eigenvalue weighted by molar-refractivity contribution is -0.265. The maximum Gasteiger partial charge on any atom is 0.407 e. The van der Waals surface area contributed by atoms with Gasteiger partial charge in [-0.15, -0.1) is 0 Å². The Morgan fingerprint density at radius 2 is 1.65 bits per heavy atom. The largest absolute Gasteiger partial charge is 0.460 e. The summed E-state index contributed by atoms with van der Waals surface area (Å²) >= 11 is 0. The number of alkyl carbamates (subject to hydrolysis) is 1. The summed E-state index contributed by atoms with van der Waals surface area (Å²) in [5, 5.41) is 26.3. The van der Waals surface area contributed by atoms with Crippen LogP contribution >= 0.6 is 0 Å². The Bertz CT molecular complexity index is 2210. The number of Topliss-reactive ketones (excluding diaryl/α,β-unsaturated/α-hetero) is 3. The number of nitrogens with zero attached hydrogens (tertiary/aromatic N) is 2. The summed E-state index contributed by atoms with van der Waals surface area (Å²) in [7, 11) is 4.51. The van der Waals surface area contributed by atoms with Crippen molar-refractivity contribution in [3.8, 4) is 0 Å². The maximum atomic E-state index is 14.6. The van der Waals surface area contributed by atoms with Crippen LogP contribution in [0, 0.1) is 35.5 Å². The molecule has 4 aliphatic rings. The number of pyridine rings is 1. The first-order valence-corrected chi connectivity index (χ1v) is 27.0. The van der Waals surface area contributed by atoms with Gasteiger partial charge in [0.15, 0.2) is 5.78 Å². The Labute approximate surface area is 444 Å². The van der Waals surface area contributed by atoms with Crippen molar-refractivity contribution in [2.75, 3.05) is 27.9 Å². The molecule has 17 heteroatoms. The van der Waals surface area contributed by atoms with Gasteiger partial charge in [0, 0.05) is 64.7 Å². The van der Waals surface area contributed by atoms with Gasteiger partial charge in [-0.3, -0.25) is 24.2 Å². The molecule has 3 fully saturated rings. The van der Waals surface area contributed by atoms with Gasteiger partial charge in [-0.25, -0.2) is 9.59 Å². The van der Waals surface area contributed by atoms with Gasteiger partial charge in [0.1, 0.15) is 36.2 Å². The molecule has 0 spiro atoms. The van der Waals surface area contributed by atoms with Crippen LogP contribution in [0.3, 0.4) is 0 Å². The lowest BCUT2D eigenvalue weighted by atomic mass is 9.78. The van der Waals surface area contributed by atoms with Crippen molar-refractivity contribution in [3.63, 3.8) is 0 Å². The van der Waals surface area contributed by atoms with Crippen LogP contribution in [0.5, 0.6) is 0 Å². The minimum atomic E-state index is -2.46. The molecular weight excluding hydrogens is 963 g/mol. The van der Waals surface area contributed by atoms with Gasteiger partial charge in [-0.2, -0.15) is 0 Å². The fraction of sp³-hybridized carbons (Fsp3) is 0.672. The number of esters is 1. The molecule has 1 aromatic rings. The van der Waals surface area contributed by atoms with Crippen molar-refractivity contribution in [1.82, 2.24) is 15.2 Å². The number of aliphatic hydroxyl groups excluding tert-OH is 1. The van der Waals surface area contributed by atoms with E-state index < -0.39 is 102 Å². The average molecular weight is 1050 g/mol. The number of aliphatic hydroxyl groups is 2. The number of hydrogen-bond acceptors (Lipinski definition) is 15. The summed E-state index contributed by atoms with van der Waals surface area (Å²) in [4.78, 5) is 89.7. The molecule has 0 radical (unpaired) electrons. The summed E-state index contributed by atoms with van der Waals surface area (Å²) in [5.74, 6) is -8.36. The second-order valence-electron chi connectivity index (χ2n) is 21.6. The molecule has 5 rings (SSSR count). The first kappa shape index (κ1) is 60.9. The van der Waals surface area contributed by atoms with Crippen molar-refractivity contribution in [2.24, 2.45) is 35.5 Å². The Morgan fingerprint density at radius 1 is 0.893 bits per heavy atom. The van der Waals surface area contributed by atoms with Crippen molar-refractivity contribution >= 4 is 35.3 Å². The molecule has 15 atom stereocenters. The predicted octanol–water partition coefficient (Wildman–Crippen LogP) is 7.51. The number of methoxy groups -OCH3 is 3. The van der Waals surface area contributed by atoms with E-state index in [0.717, 1.165) is 5.57 Å². The van der Waals surface area contributed by atoms with Crippen LogP contribution in [0.4, 0.5) is 4.79 Å². The maximum absolute atomic E-state index is 14.6. The van der Waals surface area contributed by atoms with Crippen LogP contribution in [-0.2, 0) is 58.9 Å². The van der Waals surface area contributed by atoms with Crippen molar-refractivity contribution in [2.45, 2.75) is 187 Å². The number of nitrogens with one attached hydrogen (secondary N) is 1. The molecule has 1 aliphatic carbocycles. The fourth-order valence-electron chi connectivity index (χ4n) is 11.1. The summed E-state index contributed by atoms with van der Waals surface area (Å²) in [6.07, 6.45) is 11.6. The molecule has 4 heterocycles. The number of ether oxygens (including phenoxy) is 6. The van der Waals surface area contributed by atoms with Gasteiger partial charge in [0.25, 0.3) is 11.7 Å². The number of amides is 2. The highest BCUT2D eigenvalue weighted by Crippen LogP contribution is 2.38. The lowest BCUT2D eigenvalue weighted by Gasteiger charge is -2.42. The van der Waals surface area contributed by atoms with Crippen molar-refractivity contribution in [3.05, 3.63) is 77.7 Å². The molecule has 416 valence electrons. The van der Waals surface area contributed by atoms with Crippen LogP contribution in [0.25, 0.3) is 0 Å². The minimum absolute atomic E-state index is 0.00176. The SMILES string of the molecule is CO[C@H]1C[C@@H]2CC[C@@H](C)[C@@](O)(O2)C(=O)C(=O)N2CCCC[C@H]2C(=O)O[C@H]([C@H](C)C[C@@H]2CC[C@@H](OC(=O)NCc3ccccn3)[C@H](OC)C2)CC(=O)[C@H](C)/C=C(\C)[C@@H](O)[C@@H](OC)C(=O)[C@H](C)C[C@H](C)/C=C/C=C/C=C/1C. The molecule has 2 bridgehead atoms. The van der Waals surface area contributed by atoms with Crippen molar-refractivity contribution < 1.29 is 67.4 Å². The third-order valence-corrected chi connectivity index (χ3v) is 15.9. The van der Waals surface area contributed by atoms with Crippen LogP contribution in [0.2, 0.25) is 0 Å². The van der Waals surface area contributed by atoms with Crippen LogP contribution < -0.4 is 5.32 Å². The molecule has 1 saturated carbocycles. The zero-order valence-corrected chi connectivity index (χ0v) is 45.9. The molecule has 1 aromatic heterocycles. The Balaban J connectivity index is 1.42. The number of rotatable bonds is 9. The van der Waals surface area contributed by atoms with Crippen LogP contribution in [0.15, 0.2) is 72.0 Å². The van der Waals surface area contributed by atoms with E-state index in [0.29, 0.717) is 75.5 Å². The molecule has 17 nitrogen and oxygen atoms in total. The highest BCUT2D eigenvalue weighted by Gasteiger charge is 2.53. The van der Waals surface area contributed by atoms with Crippen LogP contribution in [0.1, 0.15) is 131 Å². The van der Waals surface area contributed by atoms with E-state index in [1.807, 2.05) is 64.1 Å². The zero-order valence-electron chi connectivity index (χ0n) is 45.9. The number of carbonyl (C=O) groups is 6. The Kier molecular flexibility index (Phi) is 23.6. The van der Waals surface area contributed by atoms with E-state index in [-0.39, 0.29) is 49.3 Å². The van der Waals surface area contributed by atoms with Gasteiger partial charge in [-0.1, -0.05) is 77.1 Å². The Morgan fingerprint density at radius 3 is 2.35 bits per heavy atom. The normalized spacial score (nSPS) is 36.4. The number of fused-ring (bicyclic) bond motifs is 3. The topological polar surface area (TPSA) is 226 Å². The third kappa shape index (κ3) is 16.8. The zero-order chi connectivity index (χ0) is 55.0. The fourth-order valence-corrected chi connectivity index (χ4v) is 11.1. The molecule has 2 amide bonds. The van der Waals surface area contributed by atoms with E-state index >= 15 is 0 Å². The van der Waals surface area contributed by atoms with Crippen LogP contribution in [-0.4, -0.2) is 138 Å². The highest BCUT2D eigenvalue weighted by atomic mass is 16.6. The third-order valence-electron chi connectivity index (χ3n) is 15.9. The number of cyclic esters (lactones) is 1. The summed E-state index contributed by atoms with van der Waals surface area (Å²) in [6, 6.07) is 4.24. The van der Waals surface area contributed by atoms with Crippen molar-refractivity contribution in [1.29, 1.82) is 0 Å². The van der Waals surface area contributed by atoms with E-state index in [9.17, 15) is 39.0 Å². The standard InChI is InChI=1S/C58H85N3O14/c1-35-18-12-11-13-19-36(2)48(70-8)32-44-24-22-41(7)58(69,75-44)54(65)55(66)61-27-17-15-21-45(61)56(67)73-49(33-46(62)37(3)29-40(6)52(64)53(72-10)51(63)39(5)28-35)38(4)30-42-23-25-47(50(31-42)71-9)74-57(68)60-34-43-20-14-16-26-59-43/h11-14,16,18-20,26,29,35,37-39,41-42,44-45,47-50,52-53,64,69H,15,17,21-25,27-28,30-34H2,1-10H3,(H,60,68)/b13-11+,18-12+,36-19+,40-29+/t35-,37-,38-,39-,41-,42+,44+,45+,47-,48+,49+,50-,52-,53+,58-/m1/s1. The van der Waals surface area contributed by atoms with E-state index in [2.05, 4.69) is 10.3 Å². The number of hydrogen-bond donors (Lipinski definition) is 3. The smallest absolute Gasteiger partial charge is 0.407 e. The lowest BCUT2D eigenvalue weighted by Crippen LogP contribution is -2.61. The monoisotopic (exact) mass is 1050 g/mol. The first-order valence-electron chi connectivity index (χ1n) is 27.0. The van der Waals surface area contributed by atoms with Gasteiger partial charge < -0.3 is 48.9 Å². The summed E-state index contributed by atoms with van der Waals surface area (Å²) in [6.45, 7) is 12.9. The summed E-state index contributed by atoms with van der Waals surface area (Å²) < 4.78 is 35.6. The van der Waals surface area contributed by atoms with Gasteiger partial charge in [0.05, 0.1) is 30.6 Å². The Hall–Kier alpha value is -4.91. The minimum Gasteiger partial charge on any atom is -0.460 e. The summed E-state index contributed by atoms with van der Waals surface area (Å²) in [5.41, 5.74) is 1.92. The molecule has 75 heavy (non-hydrogen) atoms. The molecule has 0 unspecified atom stereocenters. The van der Waals surface area contributed by atoms with Gasteiger partial charge >= 0.3 is 12.1 Å². The van der Waals surface area contributed by atoms with Gasteiger partial charge in [0.2, 0.25) is 5.79 Å². The molecular formula is C58H85N3O14. The van der Waals surface area contributed by atoms with E-state index in [1.54, 1.807) is 59.4 Å². The number of piperidine rings is 1. The first-order chi connectivity index (χ1) is 35.7. The number of ketones is 3. The second-order valence-corrected chi connectivity index (χ2v) is 21.6. The van der Waals surface area contributed by atoms with E-state index in [1.165, 1.54) is 12.0 Å². The molecule has 3 aliphatic heterocycles. The average Bonchev–Trinajstić information content (AvgIpc) is 3.40. The highest BCUT2D eigenvalue weighted by molar-refractivity contribution is 6.39. The van der Waals surface area contributed by atoms with E-state index in [4.69, 9.17) is 28.4 Å². The number of carbonyl (C=O) groups excluding carboxylic acids is 6. The quantitative estimate of drug-likeness (QED) is 0.124. The molecule has 2 saturated heterocycles. The van der Waals surface area contributed by atoms with Gasteiger partial charge in [-0.05, 0) is 119 Å². The predicted molar refractivity (Wildman–Crippen MR) is 280 cm³/mol. The molecule has 3 N–H and O–H groups in total. The molecule has 0 aromatic carbocycles. The number of allylic oxidation sites excluding steroid dienone is 6. The number of aromatic nitrogens is 1.